The second-order valence-electron chi connectivity index (χ2n) is 7.27. The number of rotatable bonds is 5. The van der Waals surface area contributed by atoms with Crippen LogP contribution in [0, 0.1) is 36.0 Å². The Bertz CT molecular complexity index is 1370. The van der Waals surface area contributed by atoms with Gasteiger partial charge in [0.05, 0.1) is 5.56 Å². The maximum atomic E-state index is 13.7. The van der Waals surface area contributed by atoms with Gasteiger partial charge in [-0.1, -0.05) is 23.7 Å². The molecule has 1 aliphatic rings. The van der Waals surface area contributed by atoms with E-state index in [1.807, 2.05) is 0 Å². The molecule has 0 saturated heterocycles. The average molecular weight is 511 g/mol. The summed E-state index contributed by atoms with van der Waals surface area (Å²) in [6.45, 7) is 0.393. The van der Waals surface area contributed by atoms with Crippen LogP contribution in [-0.2, 0) is 4.79 Å². The minimum Gasteiger partial charge on any atom is -0.476 e. The highest BCUT2D eigenvalue weighted by Gasteiger charge is 2.31. The standard InChI is InChI=1S/C24H12ClF5O5/c1-10-6-13(34-16(31)9-33-24-21(29)19(27)18(26)20(28)22(24)30)8-14-17(10)23(32)15(35-14)7-11-2-4-12(25)5-3-11/h2-8H,9H2,1H3/b15-7-. The largest absolute Gasteiger partial charge is 0.476 e. The van der Waals surface area contributed by atoms with Crippen LogP contribution >= 0.6 is 11.6 Å². The van der Waals surface area contributed by atoms with E-state index in [4.69, 9.17) is 21.1 Å². The maximum Gasteiger partial charge on any atom is 0.349 e. The van der Waals surface area contributed by atoms with Crippen molar-refractivity contribution in [2.75, 3.05) is 6.61 Å². The number of carbonyl (C=O) groups excluding carboxylic acids is 2. The Hall–Kier alpha value is -3.92. The predicted molar refractivity (Wildman–Crippen MR) is 113 cm³/mol. The fourth-order valence-electron chi connectivity index (χ4n) is 3.25. The van der Waals surface area contributed by atoms with E-state index in [0.717, 1.165) is 0 Å². The minimum atomic E-state index is -2.36. The lowest BCUT2D eigenvalue weighted by Crippen LogP contribution is -2.19. The molecule has 3 aromatic rings. The number of hydrogen-bond acceptors (Lipinski definition) is 5. The number of ether oxygens (including phenoxy) is 3. The van der Waals surface area contributed by atoms with Crippen LogP contribution < -0.4 is 14.2 Å². The van der Waals surface area contributed by atoms with Crippen LogP contribution in [0.5, 0.6) is 17.2 Å². The van der Waals surface area contributed by atoms with Gasteiger partial charge in [0.15, 0.2) is 18.1 Å². The van der Waals surface area contributed by atoms with Crippen molar-refractivity contribution < 1.29 is 45.8 Å². The van der Waals surface area contributed by atoms with Crippen LogP contribution in [0.25, 0.3) is 6.08 Å². The monoisotopic (exact) mass is 510 g/mol. The van der Waals surface area contributed by atoms with Gasteiger partial charge in [0.1, 0.15) is 11.5 Å². The van der Waals surface area contributed by atoms with E-state index in [9.17, 15) is 31.5 Å². The van der Waals surface area contributed by atoms with Gasteiger partial charge in [-0.25, -0.2) is 18.0 Å². The van der Waals surface area contributed by atoms with E-state index in [-0.39, 0.29) is 22.8 Å². The van der Waals surface area contributed by atoms with Crippen molar-refractivity contribution in [2.24, 2.45) is 0 Å². The average Bonchev–Trinajstić information content (AvgIpc) is 3.13. The van der Waals surface area contributed by atoms with Crippen LogP contribution in [0.1, 0.15) is 21.5 Å². The Kier molecular flexibility index (Phi) is 6.49. The number of fused-ring (bicyclic) bond motifs is 1. The number of aryl methyl sites for hydroxylation is 1. The number of carbonyl (C=O) groups is 2. The van der Waals surface area contributed by atoms with Crippen LogP contribution in [0.3, 0.4) is 0 Å². The zero-order valence-electron chi connectivity index (χ0n) is 17.6. The number of ketones is 1. The lowest BCUT2D eigenvalue weighted by molar-refractivity contribution is -0.136. The second kappa shape index (κ2) is 9.38. The van der Waals surface area contributed by atoms with Crippen molar-refractivity contribution in [2.45, 2.75) is 6.92 Å². The third-order valence-electron chi connectivity index (χ3n) is 4.85. The van der Waals surface area contributed by atoms with Crippen molar-refractivity contribution in [3.63, 3.8) is 0 Å². The van der Waals surface area contributed by atoms with E-state index in [1.165, 1.54) is 18.2 Å². The van der Waals surface area contributed by atoms with Crippen molar-refractivity contribution >= 4 is 29.4 Å². The summed E-state index contributed by atoms with van der Waals surface area (Å²) < 4.78 is 82.0. The molecule has 0 spiro atoms. The summed E-state index contributed by atoms with van der Waals surface area (Å²) in [5, 5.41) is 0.514. The highest BCUT2D eigenvalue weighted by molar-refractivity contribution is 6.30. The number of allylic oxidation sites excluding steroid dienone is 1. The van der Waals surface area contributed by atoms with Crippen LogP contribution in [-0.4, -0.2) is 18.4 Å². The molecule has 0 fully saturated rings. The molecule has 5 nitrogen and oxygen atoms in total. The Morgan fingerprint density at radius 2 is 1.57 bits per heavy atom. The Balaban J connectivity index is 1.49. The van der Waals surface area contributed by atoms with Crippen LogP contribution in [0.2, 0.25) is 5.02 Å². The van der Waals surface area contributed by atoms with Crippen molar-refractivity contribution in [1.29, 1.82) is 0 Å². The first-order valence-electron chi connectivity index (χ1n) is 9.76. The fraction of sp³-hybridized carbons (Fsp3) is 0.0833. The van der Waals surface area contributed by atoms with E-state index in [0.29, 0.717) is 16.1 Å². The summed E-state index contributed by atoms with van der Waals surface area (Å²) in [4.78, 5) is 24.8. The zero-order valence-corrected chi connectivity index (χ0v) is 18.3. The zero-order chi connectivity index (χ0) is 25.4. The van der Waals surface area contributed by atoms with Crippen LogP contribution in [0.15, 0.2) is 42.2 Å². The Morgan fingerprint density at radius 3 is 2.20 bits per heavy atom. The summed E-state index contributed by atoms with van der Waals surface area (Å²) in [7, 11) is 0. The number of hydrogen-bond donors (Lipinski definition) is 0. The number of benzene rings is 3. The van der Waals surface area contributed by atoms with Gasteiger partial charge in [-0.3, -0.25) is 4.79 Å². The Labute approximate surface area is 199 Å². The molecule has 0 unspecified atom stereocenters. The summed E-state index contributed by atoms with van der Waals surface area (Å²) in [5.41, 5.74) is 1.29. The van der Waals surface area contributed by atoms with Gasteiger partial charge < -0.3 is 14.2 Å². The Morgan fingerprint density at radius 1 is 0.971 bits per heavy atom. The molecule has 0 saturated carbocycles. The molecule has 11 heteroatoms. The van der Waals surface area contributed by atoms with Gasteiger partial charge in [0, 0.05) is 11.1 Å². The third-order valence-corrected chi connectivity index (χ3v) is 5.10. The maximum absolute atomic E-state index is 13.7. The first kappa shape index (κ1) is 24.2. The van der Waals surface area contributed by atoms with Crippen molar-refractivity contribution in [3.8, 4) is 17.2 Å². The molecule has 0 N–H and O–H groups in total. The molecule has 1 heterocycles. The van der Waals surface area contributed by atoms with Gasteiger partial charge >= 0.3 is 5.97 Å². The summed E-state index contributed by atoms with van der Waals surface area (Å²) in [6.07, 6.45) is 1.50. The van der Waals surface area contributed by atoms with Gasteiger partial charge in [-0.15, -0.1) is 0 Å². The van der Waals surface area contributed by atoms with Crippen molar-refractivity contribution in [3.05, 3.63) is 93.0 Å². The van der Waals surface area contributed by atoms with Gasteiger partial charge in [0.25, 0.3) is 0 Å². The van der Waals surface area contributed by atoms with Gasteiger partial charge in [-0.2, -0.15) is 8.78 Å². The van der Waals surface area contributed by atoms with Gasteiger partial charge in [0.2, 0.25) is 34.9 Å². The second-order valence-corrected chi connectivity index (χ2v) is 7.70. The normalized spacial score (nSPS) is 13.6. The number of Topliss-reactive ketones (excluding diaryl/α,β-unsaturated/α-hetero) is 1. The molecule has 4 rings (SSSR count). The summed E-state index contributed by atoms with van der Waals surface area (Å²) >= 11 is 5.85. The topological polar surface area (TPSA) is 61.8 Å². The predicted octanol–water partition coefficient (Wildman–Crippen LogP) is 5.94. The van der Waals surface area contributed by atoms with Crippen LogP contribution in [0.4, 0.5) is 22.0 Å². The van der Waals surface area contributed by atoms with E-state index < -0.39 is 53.2 Å². The molecule has 0 radical (unpaired) electrons. The molecule has 0 atom stereocenters. The molecular formula is C24H12ClF5O5. The summed E-state index contributed by atoms with van der Waals surface area (Å²) in [6, 6.07) is 9.20. The molecule has 180 valence electrons. The minimum absolute atomic E-state index is 0.0172. The highest BCUT2D eigenvalue weighted by Crippen LogP contribution is 2.37. The molecule has 35 heavy (non-hydrogen) atoms. The quantitative estimate of drug-likeness (QED) is 0.106. The third kappa shape index (κ3) is 4.69. The molecule has 3 aromatic carbocycles. The fourth-order valence-corrected chi connectivity index (χ4v) is 3.38. The van der Waals surface area contributed by atoms with Crippen molar-refractivity contribution in [1.82, 2.24) is 0 Å². The first-order valence-corrected chi connectivity index (χ1v) is 10.1. The smallest absolute Gasteiger partial charge is 0.349 e. The van der Waals surface area contributed by atoms with E-state index in [2.05, 4.69) is 4.74 Å². The van der Waals surface area contributed by atoms with E-state index in [1.54, 1.807) is 31.2 Å². The SMILES string of the molecule is Cc1cc(OC(=O)COc2c(F)c(F)c(F)c(F)c2F)cc2c1C(=O)/C(=C/c1ccc(Cl)cc1)O2. The molecule has 0 bridgehead atoms. The number of halogens is 6. The van der Waals surface area contributed by atoms with E-state index >= 15 is 0 Å². The molecule has 0 aliphatic carbocycles. The summed E-state index contributed by atoms with van der Waals surface area (Å²) in [5.74, 6) is -14.5. The van der Waals surface area contributed by atoms with Gasteiger partial charge in [-0.05, 0) is 42.3 Å². The molecule has 1 aliphatic heterocycles. The molecule has 0 aromatic heterocycles. The number of esters is 1. The first-order chi connectivity index (χ1) is 16.6. The molecular weight excluding hydrogens is 499 g/mol. The molecule has 0 amide bonds. The highest BCUT2D eigenvalue weighted by atomic mass is 35.5. The lowest BCUT2D eigenvalue weighted by Gasteiger charge is -2.11. The lowest BCUT2D eigenvalue weighted by atomic mass is 10.0.